The predicted octanol–water partition coefficient (Wildman–Crippen LogP) is 2.00. The van der Waals surface area contributed by atoms with Gasteiger partial charge in [-0.15, -0.1) is 0 Å². The number of hydrogen-bond donors (Lipinski definition) is 2. The second kappa shape index (κ2) is 10.3. The smallest absolute Gasteiger partial charge is 0.376 e. The Labute approximate surface area is 167 Å². The van der Waals surface area contributed by atoms with Crippen molar-refractivity contribution in [2.75, 3.05) is 13.2 Å². The summed E-state index contributed by atoms with van der Waals surface area (Å²) in [5, 5.41) is 0. The standard InChI is InChI=1S/C18H36NO8P/c1-10(2)22-8-15-14(7-12(5)25-15)27-28(20,21)23-9-16-18(24-11(3)4)17(19)13(6)26-16/h10-18H,7-9,19H2,1-6H3,(H,20,21)/t12-,13-,14+,15+,16+,17-,18?/m0/s1. The van der Waals surface area contributed by atoms with E-state index in [4.69, 9.17) is 33.7 Å². The van der Waals surface area contributed by atoms with Gasteiger partial charge >= 0.3 is 7.82 Å². The zero-order valence-corrected chi connectivity index (χ0v) is 18.5. The highest BCUT2D eigenvalue weighted by Crippen LogP contribution is 2.48. The molecule has 166 valence electrons. The number of phosphoric acid groups is 1. The van der Waals surface area contributed by atoms with E-state index < -0.39 is 32.2 Å². The Balaban J connectivity index is 1.90. The Morgan fingerprint density at radius 2 is 1.79 bits per heavy atom. The molecule has 0 aromatic carbocycles. The highest BCUT2D eigenvalue weighted by Gasteiger charge is 2.44. The van der Waals surface area contributed by atoms with Crippen molar-refractivity contribution in [1.29, 1.82) is 0 Å². The summed E-state index contributed by atoms with van der Waals surface area (Å²) in [6.07, 6.45) is -1.84. The molecule has 0 amide bonds. The normalized spacial score (nSPS) is 38.4. The summed E-state index contributed by atoms with van der Waals surface area (Å²) in [6, 6.07) is -0.336. The van der Waals surface area contributed by atoms with Gasteiger partial charge in [0.2, 0.25) is 0 Å². The van der Waals surface area contributed by atoms with Gasteiger partial charge in [-0.25, -0.2) is 4.57 Å². The third-order valence-electron chi connectivity index (χ3n) is 4.76. The highest BCUT2D eigenvalue weighted by molar-refractivity contribution is 7.47. The average Bonchev–Trinajstić information content (AvgIpc) is 3.04. The Morgan fingerprint density at radius 1 is 1.11 bits per heavy atom. The van der Waals surface area contributed by atoms with Gasteiger partial charge in [0.1, 0.15) is 24.4 Å². The van der Waals surface area contributed by atoms with Gasteiger partial charge in [0.15, 0.2) is 0 Å². The summed E-state index contributed by atoms with van der Waals surface area (Å²) in [5.74, 6) is 0. The zero-order valence-electron chi connectivity index (χ0n) is 17.6. The molecule has 0 spiro atoms. The van der Waals surface area contributed by atoms with E-state index in [9.17, 15) is 9.46 Å². The van der Waals surface area contributed by atoms with Gasteiger partial charge in [-0.2, -0.15) is 0 Å². The van der Waals surface area contributed by atoms with Gasteiger partial charge < -0.3 is 29.6 Å². The zero-order chi connectivity index (χ0) is 21.1. The Kier molecular flexibility index (Phi) is 8.88. The largest absolute Gasteiger partial charge is 0.472 e. The minimum absolute atomic E-state index is 0.0286. The number of hydrogen-bond acceptors (Lipinski definition) is 8. The van der Waals surface area contributed by atoms with Crippen LogP contribution in [-0.2, 0) is 32.6 Å². The highest BCUT2D eigenvalue weighted by atomic mass is 31.2. The number of phosphoric ester groups is 1. The van der Waals surface area contributed by atoms with Crippen LogP contribution in [-0.4, -0.2) is 73.0 Å². The topological polar surface area (TPSA) is 119 Å². The molecule has 9 nitrogen and oxygen atoms in total. The lowest BCUT2D eigenvalue weighted by Crippen LogP contribution is -2.43. The van der Waals surface area contributed by atoms with Crippen LogP contribution in [0.15, 0.2) is 0 Å². The third kappa shape index (κ3) is 7.00. The van der Waals surface area contributed by atoms with E-state index in [-0.39, 0.29) is 43.7 Å². The summed E-state index contributed by atoms with van der Waals surface area (Å²) in [4.78, 5) is 10.2. The summed E-state index contributed by atoms with van der Waals surface area (Å²) in [6.45, 7) is 11.5. The van der Waals surface area contributed by atoms with Crippen LogP contribution in [0.3, 0.4) is 0 Å². The lowest BCUT2D eigenvalue weighted by atomic mass is 10.1. The van der Waals surface area contributed by atoms with Gasteiger partial charge in [0, 0.05) is 6.42 Å². The quantitative estimate of drug-likeness (QED) is 0.507. The Hall–Kier alpha value is -0.0900. The fourth-order valence-electron chi connectivity index (χ4n) is 3.42. The first-order valence-corrected chi connectivity index (χ1v) is 11.5. The molecule has 3 N–H and O–H groups in total. The van der Waals surface area contributed by atoms with Crippen molar-refractivity contribution in [3.8, 4) is 0 Å². The van der Waals surface area contributed by atoms with E-state index >= 15 is 0 Å². The maximum Gasteiger partial charge on any atom is 0.472 e. The van der Waals surface area contributed by atoms with E-state index in [2.05, 4.69) is 0 Å². The molecule has 0 aromatic rings. The van der Waals surface area contributed by atoms with Crippen LogP contribution in [0, 0.1) is 0 Å². The molecule has 8 atom stereocenters. The number of nitrogens with two attached hydrogens (primary N) is 1. The molecule has 0 saturated carbocycles. The number of ether oxygens (including phenoxy) is 4. The fourth-order valence-corrected chi connectivity index (χ4v) is 4.38. The minimum atomic E-state index is -4.32. The fraction of sp³-hybridized carbons (Fsp3) is 1.00. The molecule has 2 rings (SSSR count). The molecule has 2 saturated heterocycles. The van der Waals surface area contributed by atoms with Gasteiger partial charge in [0.25, 0.3) is 0 Å². The molecule has 2 fully saturated rings. The first-order valence-electron chi connectivity index (χ1n) is 9.97. The van der Waals surface area contributed by atoms with Crippen molar-refractivity contribution in [3.05, 3.63) is 0 Å². The molecule has 28 heavy (non-hydrogen) atoms. The van der Waals surface area contributed by atoms with Crippen LogP contribution >= 0.6 is 7.82 Å². The molecule has 2 heterocycles. The molecular weight excluding hydrogens is 389 g/mol. The monoisotopic (exact) mass is 425 g/mol. The van der Waals surface area contributed by atoms with Crippen LogP contribution in [0.2, 0.25) is 0 Å². The van der Waals surface area contributed by atoms with E-state index in [1.165, 1.54) is 0 Å². The average molecular weight is 425 g/mol. The van der Waals surface area contributed by atoms with Gasteiger partial charge in [-0.05, 0) is 41.5 Å². The van der Waals surface area contributed by atoms with Crippen molar-refractivity contribution in [2.45, 2.75) is 103 Å². The maximum atomic E-state index is 12.5. The van der Waals surface area contributed by atoms with Crippen LogP contribution in [0.4, 0.5) is 0 Å². The molecule has 2 aliphatic rings. The van der Waals surface area contributed by atoms with Crippen molar-refractivity contribution < 1.29 is 37.5 Å². The molecule has 10 heteroatoms. The van der Waals surface area contributed by atoms with E-state index in [0.717, 1.165) is 0 Å². The number of rotatable bonds is 10. The van der Waals surface area contributed by atoms with Crippen LogP contribution in [0.5, 0.6) is 0 Å². The van der Waals surface area contributed by atoms with Gasteiger partial charge in [-0.3, -0.25) is 9.05 Å². The van der Waals surface area contributed by atoms with Crippen LogP contribution in [0.25, 0.3) is 0 Å². The summed E-state index contributed by atoms with van der Waals surface area (Å²) in [7, 11) is -4.32. The SMILES string of the molecule is CC(C)OC[C@H]1O[C@@H](C)C[C@H]1OP(=O)(O)OC[C@H]1O[C@@H](C)[C@H](N)C1OC(C)C. The Bertz CT molecular complexity index is 534. The molecule has 0 bridgehead atoms. The second-order valence-corrected chi connectivity index (χ2v) is 9.52. The van der Waals surface area contributed by atoms with Crippen LogP contribution in [0.1, 0.15) is 48.0 Å². The predicted molar refractivity (Wildman–Crippen MR) is 103 cm³/mol. The van der Waals surface area contributed by atoms with E-state index in [1.54, 1.807) is 0 Å². The third-order valence-corrected chi connectivity index (χ3v) is 5.77. The molecule has 2 unspecified atom stereocenters. The van der Waals surface area contributed by atoms with E-state index in [1.807, 2.05) is 41.5 Å². The molecule has 2 aliphatic heterocycles. The van der Waals surface area contributed by atoms with Crippen LogP contribution < -0.4 is 5.73 Å². The van der Waals surface area contributed by atoms with Crippen molar-refractivity contribution in [1.82, 2.24) is 0 Å². The molecule has 0 aromatic heterocycles. The first kappa shape index (κ1) is 24.2. The van der Waals surface area contributed by atoms with Crippen molar-refractivity contribution in [3.63, 3.8) is 0 Å². The van der Waals surface area contributed by atoms with Crippen molar-refractivity contribution in [2.24, 2.45) is 5.73 Å². The lowest BCUT2D eigenvalue weighted by molar-refractivity contribution is -0.0708. The summed E-state index contributed by atoms with van der Waals surface area (Å²) >= 11 is 0. The first-order chi connectivity index (χ1) is 13.0. The summed E-state index contributed by atoms with van der Waals surface area (Å²) in [5.41, 5.74) is 6.12. The maximum absolute atomic E-state index is 12.5. The van der Waals surface area contributed by atoms with Gasteiger partial charge in [-0.1, -0.05) is 0 Å². The minimum Gasteiger partial charge on any atom is -0.376 e. The molecule has 0 aliphatic carbocycles. The van der Waals surface area contributed by atoms with E-state index in [0.29, 0.717) is 6.42 Å². The summed E-state index contributed by atoms with van der Waals surface area (Å²) < 4.78 is 46.0. The van der Waals surface area contributed by atoms with Crippen molar-refractivity contribution >= 4 is 7.82 Å². The molecule has 0 radical (unpaired) electrons. The Morgan fingerprint density at radius 3 is 2.39 bits per heavy atom. The van der Waals surface area contributed by atoms with Gasteiger partial charge in [0.05, 0.1) is 43.7 Å². The molecular formula is C18H36NO8P. The second-order valence-electron chi connectivity index (χ2n) is 8.12. The lowest BCUT2D eigenvalue weighted by Gasteiger charge is -2.25.